The maximum absolute atomic E-state index is 4.64. The summed E-state index contributed by atoms with van der Waals surface area (Å²) in [6, 6.07) is 9.00. The molecule has 158 valence electrons. The Kier molecular flexibility index (Phi) is 5.54. The Morgan fingerprint density at radius 2 is 1.83 bits per heavy atom. The van der Waals surface area contributed by atoms with Gasteiger partial charge < -0.3 is 14.9 Å². The number of rotatable bonds is 8. The summed E-state index contributed by atoms with van der Waals surface area (Å²) in [5, 5.41) is 6.69. The molecule has 0 aliphatic heterocycles. The highest BCUT2D eigenvalue weighted by molar-refractivity contribution is 5.85. The van der Waals surface area contributed by atoms with Gasteiger partial charge in [0.2, 0.25) is 11.9 Å². The molecule has 0 aliphatic carbocycles. The largest absolute Gasteiger partial charge is 0.367 e. The first-order valence-electron chi connectivity index (χ1n) is 10.3. The van der Waals surface area contributed by atoms with Gasteiger partial charge in [-0.1, -0.05) is 12.1 Å². The van der Waals surface area contributed by atoms with E-state index in [1.807, 2.05) is 35.9 Å². The van der Waals surface area contributed by atoms with Crippen molar-refractivity contribution in [2.45, 2.75) is 39.8 Å². The van der Waals surface area contributed by atoms with Crippen LogP contribution in [0.2, 0.25) is 0 Å². The smallest absolute Gasteiger partial charge is 0.210 e. The second kappa shape index (κ2) is 8.27. The van der Waals surface area contributed by atoms with E-state index in [1.54, 1.807) is 0 Å². The fraction of sp³-hybridized carbons (Fsp3) is 0.429. The van der Waals surface area contributed by atoms with E-state index < -0.39 is 0 Å². The first kappa shape index (κ1) is 20.1. The summed E-state index contributed by atoms with van der Waals surface area (Å²) in [6.07, 6.45) is 1.53. The van der Waals surface area contributed by atoms with Crippen molar-refractivity contribution in [3.63, 3.8) is 0 Å². The van der Waals surface area contributed by atoms with E-state index >= 15 is 0 Å². The number of hydrogen-bond acceptors (Lipinski definition) is 7. The molecular formula is C21H29N9. The minimum atomic E-state index is 0.494. The molecule has 0 aliphatic rings. The van der Waals surface area contributed by atoms with Gasteiger partial charge in [-0.15, -0.1) is 0 Å². The van der Waals surface area contributed by atoms with Gasteiger partial charge in [-0.25, -0.2) is 15.0 Å². The molecule has 0 radical (unpaired) electrons. The molecule has 9 heteroatoms. The van der Waals surface area contributed by atoms with Crippen molar-refractivity contribution < 1.29 is 0 Å². The van der Waals surface area contributed by atoms with Crippen LogP contribution in [0.3, 0.4) is 0 Å². The molecule has 3 N–H and O–H groups in total. The Morgan fingerprint density at radius 3 is 2.57 bits per heavy atom. The van der Waals surface area contributed by atoms with Crippen molar-refractivity contribution in [3.8, 4) is 0 Å². The predicted molar refractivity (Wildman–Crippen MR) is 121 cm³/mol. The third kappa shape index (κ3) is 3.93. The Labute approximate surface area is 176 Å². The number of para-hydroxylation sites is 2. The van der Waals surface area contributed by atoms with Crippen LogP contribution in [-0.4, -0.2) is 59.6 Å². The molecule has 4 aromatic rings. The van der Waals surface area contributed by atoms with E-state index in [2.05, 4.69) is 68.1 Å². The quantitative estimate of drug-likeness (QED) is 0.411. The van der Waals surface area contributed by atoms with E-state index in [0.29, 0.717) is 29.6 Å². The summed E-state index contributed by atoms with van der Waals surface area (Å²) in [7, 11) is 1.97. The number of anilines is 3. The van der Waals surface area contributed by atoms with Gasteiger partial charge in [0.1, 0.15) is 11.8 Å². The summed E-state index contributed by atoms with van der Waals surface area (Å²) in [5.74, 6) is 2.04. The van der Waals surface area contributed by atoms with Gasteiger partial charge in [-0.2, -0.15) is 4.98 Å². The third-order valence-corrected chi connectivity index (χ3v) is 5.29. The second-order valence-electron chi connectivity index (χ2n) is 7.97. The van der Waals surface area contributed by atoms with Crippen molar-refractivity contribution in [3.05, 3.63) is 30.6 Å². The topological polar surface area (TPSA) is 99.6 Å². The lowest BCUT2D eigenvalue weighted by atomic mass is 10.2. The van der Waals surface area contributed by atoms with Crippen LogP contribution >= 0.6 is 0 Å². The number of nitrogens with zero attached hydrogens (tertiary/aromatic N) is 6. The fourth-order valence-electron chi connectivity index (χ4n) is 3.80. The molecule has 30 heavy (non-hydrogen) atoms. The van der Waals surface area contributed by atoms with Crippen LogP contribution in [0.1, 0.15) is 27.7 Å². The van der Waals surface area contributed by atoms with Crippen LogP contribution in [0.25, 0.3) is 22.2 Å². The lowest BCUT2D eigenvalue weighted by molar-refractivity contribution is 0.182. The highest BCUT2D eigenvalue weighted by atomic mass is 15.3. The van der Waals surface area contributed by atoms with Gasteiger partial charge in [0, 0.05) is 32.2 Å². The van der Waals surface area contributed by atoms with Crippen molar-refractivity contribution in [2.24, 2.45) is 7.05 Å². The standard InChI is InChI=1S/C21H29N9/c1-13(2)30(14(3)4)11-10-22-18-17-19(24-12-23-18)27-20(26-17)28-21-25-15-8-6-7-9-16(15)29(21)5/h6-9,12-14H,10-11H2,1-5H3,(H3,22,23,24,25,26,27,28). The lowest BCUT2D eigenvalue weighted by Crippen LogP contribution is -2.40. The first-order valence-corrected chi connectivity index (χ1v) is 10.3. The molecule has 1 aromatic carbocycles. The van der Waals surface area contributed by atoms with Crippen molar-refractivity contribution in [1.29, 1.82) is 0 Å². The van der Waals surface area contributed by atoms with E-state index in [4.69, 9.17) is 0 Å². The Hall–Kier alpha value is -3.20. The second-order valence-corrected chi connectivity index (χ2v) is 7.97. The van der Waals surface area contributed by atoms with Crippen LogP contribution in [0, 0.1) is 0 Å². The average molecular weight is 408 g/mol. The molecule has 0 amide bonds. The fourth-order valence-corrected chi connectivity index (χ4v) is 3.80. The maximum Gasteiger partial charge on any atom is 0.210 e. The molecule has 0 atom stereocenters. The van der Waals surface area contributed by atoms with Crippen LogP contribution < -0.4 is 10.6 Å². The number of benzene rings is 1. The zero-order chi connectivity index (χ0) is 21.3. The Morgan fingerprint density at radius 1 is 1.07 bits per heavy atom. The van der Waals surface area contributed by atoms with Crippen molar-refractivity contribution in [2.75, 3.05) is 23.7 Å². The molecular weight excluding hydrogens is 378 g/mol. The van der Waals surface area contributed by atoms with E-state index in [0.717, 1.165) is 35.5 Å². The lowest BCUT2D eigenvalue weighted by Gasteiger charge is -2.30. The molecule has 0 unspecified atom stereocenters. The SMILES string of the molecule is CC(C)N(CCNc1ncnc2nc(Nc3nc4ccccc4n3C)[nH]c12)C(C)C. The molecule has 0 saturated heterocycles. The van der Waals surface area contributed by atoms with Gasteiger partial charge in [-0.3, -0.25) is 10.2 Å². The number of imidazole rings is 2. The summed E-state index contributed by atoms with van der Waals surface area (Å²) in [5.41, 5.74) is 3.37. The monoisotopic (exact) mass is 407 g/mol. The predicted octanol–water partition coefficient (Wildman–Crippen LogP) is 3.51. The highest BCUT2D eigenvalue weighted by Crippen LogP contribution is 2.23. The Bertz CT molecular complexity index is 1130. The molecule has 0 spiro atoms. The van der Waals surface area contributed by atoms with Gasteiger partial charge in [-0.05, 0) is 39.8 Å². The molecule has 9 nitrogen and oxygen atoms in total. The van der Waals surface area contributed by atoms with Gasteiger partial charge in [0.05, 0.1) is 11.0 Å². The third-order valence-electron chi connectivity index (χ3n) is 5.29. The zero-order valence-electron chi connectivity index (χ0n) is 18.1. The molecule has 0 saturated carbocycles. The Balaban J connectivity index is 1.52. The van der Waals surface area contributed by atoms with Crippen molar-refractivity contribution in [1.82, 2.24) is 34.4 Å². The summed E-state index contributed by atoms with van der Waals surface area (Å²) in [4.78, 5) is 23.6. The number of hydrogen-bond donors (Lipinski definition) is 3. The number of nitrogens with one attached hydrogen (secondary N) is 3. The van der Waals surface area contributed by atoms with Gasteiger partial charge >= 0.3 is 0 Å². The average Bonchev–Trinajstić information content (AvgIpc) is 3.26. The number of aryl methyl sites for hydroxylation is 1. The number of aromatic nitrogens is 6. The number of aromatic amines is 1. The zero-order valence-corrected chi connectivity index (χ0v) is 18.1. The molecule has 0 bridgehead atoms. The van der Waals surface area contributed by atoms with E-state index in [-0.39, 0.29) is 0 Å². The van der Waals surface area contributed by atoms with Crippen LogP contribution in [0.4, 0.5) is 17.7 Å². The summed E-state index contributed by atoms with van der Waals surface area (Å²) >= 11 is 0. The minimum absolute atomic E-state index is 0.494. The number of fused-ring (bicyclic) bond motifs is 2. The van der Waals surface area contributed by atoms with Crippen LogP contribution in [0.15, 0.2) is 30.6 Å². The highest BCUT2D eigenvalue weighted by Gasteiger charge is 2.15. The molecule has 3 aromatic heterocycles. The molecule has 3 heterocycles. The van der Waals surface area contributed by atoms with E-state index in [1.165, 1.54) is 6.33 Å². The molecule has 4 rings (SSSR count). The maximum atomic E-state index is 4.64. The molecule has 0 fully saturated rings. The number of H-pyrrole nitrogens is 1. The van der Waals surface area contributed by atoms with Gasteiger partial charge in [0.25, 0.3) is 0 Å². The minimum Gasteiger partial charge on any atom is -0.367 e. The van der Waals surface area contributed by atoms with Gasteiger partial charge in [0.15, 0.2) is 11.5 Å². The van der Waals surface area contributed by atoms with E-state index in [9.17, 15) is 0 Å². The summed E-state index contributed by atoms with van der Waals surface area (Å²) in [6.45, 7) is 10.6. The first-order chi connectivity index (χ1) is 14.4. The van der Waals surface area contributed by atoms with Crippen LogP contribution in [0.5, 0.6) is 0 Å². The normalized spacial score (nSPS) is 12.0. The van der Waals surface area contributed by atoms with Crippen LogP contribution in [-0.2, 0) is 7.05 Å². The van der Waals surface area contributed by atoms with Crippen molar-refractivity contribution >= 4 is 39.9 Å². The summed E-state index contributed by atoms with van der Waals surface area (Å²) < 4.78 is 2.00.